The Kier molecular flexibility index (Phi) is 5.93. The molecular formula is C12H20O2. The van der Waals surface area contributed by atoms with Gasteiger partial charge in [-0.3, -0.25) is 0 Å². The second-order valence-corrected chi connectivity index (χ2v) is 4.11. The molecule has 0 fully saturated rings. The van der Waals surface area contributed by atoms with Crippen molar-refractivity contribution in [1.29, 1.82) is 0 Å². The average molecular weight is 196 g/mol. The van der Waals surface area contributed by atoms with Crippen molar-refractivity contribution in [1.82, 2.24) is 0 Å². The Labute approximate surface area is 86.6 Å². The van der Waals surface area contributed by atoms with Crippen LogP contribution in [0.5, 0.6) is 0 Å². The van der Waals surface area contributed by atoms with E-state index in [1.165, 1.54) is 6.26 Å². The van der Waals surface area contributed by atoms with E-state index >= 15 is 0 Å². The van der Waals surface area contributed by atoms with Crippen molar-refractivity contribution < 1.29 is 9.53 Å². The predicted molar refractivity (Wildman–Crippen MR) is 58.7 cm³/mol. The monoisotopic (exact) mass is 196 g/mol. The van der Waals surface area contributed by atoms with Crippen LogP contribution in [0.2, 0.25) is 0 Å². The quantitative estimate of drug-likeness (QED) is 0.383. The summed E-state index contributed by atoms with van der Waals surface area (Å²) in [5.41, 5.74) is 0.745. The topological polar surface area (TPSA) is 26.3 Å². The van der Waals surface area contributed by atoms with Crippen molar-refractivity contribution in [3.8, 4) is 0 Å². The van der Waals surface area contributed by atoms with Crippen LogP contribution in [0.1, 0.15) is 34.1 Å². The summed E-state index contributed by atoms with van der Waals surface area (Å²) in [6, 6.07) is 0. The number of ether oxygens (including phenoxy) is 1. The van der Waals surface area contributed by atoms with Gasteiger partial charge in [-0.2, -0.15) is 0 Å². The minimum absolute atomic E-state index is 0.276. The SMILES string of the molecule is C=COC(=O)C(=CC(C)C)CC(C)C. The molecule has 0 unspecified atom stereocenters. The largest absolute Gasteiger partial charge is 0.432 e. The molecule has 0 radical (unpaired) electrons. The minimum atomic E-state index is -0.276. The maximum absolute atomic E-state index is 11.5. The summed E-state index contributed by atoms with van der Waals surface area (Å²) in [5.74, 6) is 0.542. The van der Waals surface area contributed by atoms with E-state index in [4.69, 9.17) is 4.74 Å². The molecule has 2 heteroatoms. The number of hydrogen-bond donors (Lipinski definition) is 0. The van der Waals surface area contributed by atoms with Gasteiger partial charge in [0.05, 0.1) is 6.26 Å². The number of allylic oxidation sites excluding steroid dienone is 1. The van der Waals surface area contributed by atoms with Crippen molar-refractivity contribution >= 4 is 5.97 Å². The van der Waals surface area contributed by atoms with Crippen LogP contribution < -0.4 is 0 Å². The molecule has 0 bridgehead atoms. The first-order valence-corrected chi connectivity index (χ1v) is 5.00. The molecule has 0 heterocycles. The highest BCUT2D eigenvalue weighted by Gasteiger charge is 2.12. The van der Waals surface area contributed by atoms with Crippen molar-refractivity contribution in [2.24, 2.45) is 11.8 Å². The van der Waals surface area contributed by atoms with Gasteiger partial charge >= 0.3 is 5.97 Å². The Balaban J connectivity index is 4.54. The smallest absolute Gasteiger partial charge is 0.338 e. The van der Waals surface area contributed by atoms with Gasteiger partial charge in [0.25, 0.3) is 0 Å². The van der Waals surface area contributed by atoms with Gasteiger partial charge in [-0.25, -0.2) is 4.79 Å². The third-order valence-electron chi connectivity index (χ3n) is 1.62. The summed E-state index contributed by atoms with van der Waals surface area (Å²) in [4.78, 5) is 11.5. The van der Waals surface area contributed by atoms with Crippen LogP contribution in [0.4, 0.5) is 0 Å². The molecule has 2 nitrogen and oxygen atoms in total. The van der Waals surface area contributed by atoms with E-state index in [1.807, 2.05) is 19.9 Å². The van der Waals surface area contributed by atoms with Crippen LogP contribution >= 0.6 is 0 Å². The van der Waals surface area contributed by atoms with Crippen LogP contribution in [0.25, 0.3) is 0 Å². The summed E-state index contributed by atoms with van der Waals surface area (Å²) in [6.07, 6.45) is 3.88. The van der Waals surface area contributed by atoms with Crippen molar-refractivity contribution in [3.05, 3.63) is 24.5 Å². The molecule has 0 saturated carbocycles. The highest BCUT2D eigenvalue weighted by Crippen LogP contribution is 2.15. The van der Waals surface area contributed by atoms with Crippen LogP contribution in [0.15, 0.2) is 24.5 Å². The Hall–Kier alpha value is -1.05. The number of esters is 1. The first kappa shape index (κ1) is 12.9. The van der Waals surface area contributed by atoms with Crippen LogP contribution in [-0.4, -0.2) is 5.97 Å². The van der Waals surface area contributed by atoms with E-state index in [0.29, 0.717) is 11.8 Å². The normalized spacial score (nSPS) is 12.0. The fraction of sp³-hybridized carbons (Fsp3) is 0.583. The molecule has 0 amide bonds. The molecule has 0 saturated heterocycles. The van der Waals surface area contributed by atoms with Crippen molar-refractivity contribution in [3.63, 3.8) is 0 Å². The molecule has 0 aliphatic carbocycles. The Bertz CT molecular complexity index is 224. The maximum atomic E-state index is 11.5. The minimum Gasteiger partial charge on any atom is -0.432 e. The highest BCUT2D eigenvalue weighted by atomic mass is 16.5. The van der Waals surface area contributed by atoms with E-state index in [2.05, 4.69) is 20.4 Å². The zero-order chi connectivity index (χ0) is 11.1. The molecular weight excluding hydrogens is 176 g/mol. The van der Waals surface area contributed by atoms with Crippen molar-refractivity contribution in [2.75, 3.05) is 0 Å². The number of rotatable bonds is 5. The van der Waals surface area contributed by atoms with Gasteiger partial charge in [0.15, 0.2) is 0 Å². The van der Waals surface area contributed by atoms with Crippen LogP contribution in [0.3, 0.4) is 0 Å². The zero-order valence-corrected chi connectivity index (χ0v) is 9.54. The lowest BCUT2D eigenvalue weighted by molar-refractivity contribution is -0.133. The van der Waals surface area contributed by atoms with Gasteiger partial charge in [-0.1, -0.05) is 40.3 Å². The fourth-order valence-corrected chi connectivity index (χ4v) is 1.21. The third kappa shape index (κ3) is 5.57. The molecule has 0 aromatic heterocycles. The van der Waals surface area contributed by atoms with Gasteiger partial charge in [0.2, 0.25) is 0 Å². The maximum Gasteiger partial charge on any atom is 0.338 e. The molecule has 0 N–H and O–H groups in total. The zero-order valence-electron chi connectivity index (χ0n) is 9.54. The second kappa shape index (κ2) is 6.41. The standard InChI is InChI=1S/C12H20O2/c1-6-14-12(13)11(7-9(2)3)8-10(4)5/h6-7,9-10H,1,8H2,2-5H3. The second-order valence-electron chi connectivity index (χ2n) is 4.11. The molecule has 0 atom stereocenters. The Morgan fingerprint density at radius 2 is 1.93 bits per heavy atom. The molecule has 0 aliphatic heterocycles. The van der Waals surface area contributed by atoms with Crippen LogP contribution in [-0.2, 0) is 9.53 Å². The van der Waals surface area contributed by atoms with E-state index in [0.717, 1.165) is 12.0 Å². The number of carbonyl (C=O) groups excluding carboxylic acids is 1. The van der Waals surface area contributed by atoms with Crippen molar-refractivity contribution in [2.45, 2.75) is 34.1 Å². The summed E-state index contributed by atoms with van der Waals surface area (Å²) in [7, 11) is 0. The van der Waals surface area contributed by atoms with E-state index in [1.54, 1.807) is 0 Å². The van der Waals surface area contributed by atoms with Gasteiger partial charge in [0, 0.05) is 5.57 Å². The van der Waals surface area contributed by atoms with E-state index < -0.39 is 0 Å². The predicted octanol–water partition coefficient (Wildman–Crippen LogP) is 3.30. The molecule has 14 heavy (non-hydrogen) atoms. The first-order valence-electron chi connectivity index (χ1n) is 5.00. The molecule has 0 aromatic rings. The molecule has 0 aromatic carbocycles. The van der Waals surface area contributed by atoms with Crippen LogP contribution in [0, 0.1) is 11.8 Å². The lowest BCUT2D eigenvalue weighted by Crippen LogP contribution is -2.08. The van der Waals surface area contributed by atoms with Gasteiger partial charge in [-0.05, 0) is 18.3 Å². The average Bonchev–Trinajstić information content (AvgIpc) is 2.01. The Morgan fingerprint density at radius 3 is 2.29 bits per heavy atom. The Morgan fingerprint density at radius 1 is 1.36 bits per heavy atom. The first-order chi connectivity index (χ1) is 6.47. The molecule has 0 rings (SSSR count). The lowest BCUT2D eigenvalue weighted by Gasteiger charge is -2.09. The van der Waals surface area contributed by atoms with E-state index in [-0.39, 0.29) is 5.97 Å². The van der Waals surface area contributed by atoms with E-state index in [9.17, 15) is 4.79 Å². The summed E-state index contributed by atoms with van der Waals surface area (Å²) in [5, 5.41) is 0. The molecule has 0 spiro atoms. The third-order valence-corrected chi connectivity index (χ3v) is 1.62. The van der Waals surface area contributed by atoms with Gasteiger partial charge < -0.3 is 4.74 Å². The molecule has 80 valence electrons. The summed E-state index contributed by atoms with van der Waals surface area (Å²) in [6.45, 7) is 11.6. The summed E-state index contributed by atoms with van der Waals surface area (Å²) < 4.78 is 4.76. The number of hydrogen-bond acceptors (Lipinski definition) is 2. The van der Waals surface area contributed by atoms with Gasteiger partial charge in [0.1, 0.15) is 0 Å². The molecule has 0 aliphatic rings. The lowest BCUT2D eigenvalue weighted by atomic mass is 10.00. The van der Waals surface area contributed by atoms with Gasteiger partial charge in [-0.15, -0.1) is 0 Å². The summed E-state index contributed by atoms with van der Waals surface area (Å²) >= 11 is 0. The number of carbonyl (C=O) groups is 1. The fourth-order valence-electron chi connectivity index (χ4n) is 1.21. The highest BCUT2D eigenvalue weighted by molar-refractivity contribution is 5.88.